The first-order chi connectivity index (χ1) is 9.10. The lowest BCUT2D eigenvalue weighted by Gasteiger charge is -2.05. The SMILES string of the molecule is C/C=C\c1c(C)n(-c2ccc(CC)cc2)c(=O)n1C. The molecule has 0 fully saturated rings. The molecular formula is C16H20N2O. The lowest BCUT2D eigenvalue weighted by molar-refractivity contribution is 0.816. The quantitative estimate of drug-likeness (QED) is 0.829. The minimum atomic E-state index is -0.00477. The molecule has 0 radical (unpaired) electrons. The Bertz CT molecular complexity index is 657. The Kier molecular flexibility index (Phi) is 3.74. The van der Waals surface area contributed by atoms with Crippen molar-refractivity contribution in [2.45, 2.75) is 27.2 Å². The van der Waals surface area contributed by atoms with Gasteiger partial charge in [0.2, 0.25) is 0 Å². The predicted octanol–water partition coefficient (Wildman–Crippen LogP) is 3.08. The normalized spacial score (nSPS) is 11.4. The van der Waals surface area contributed by atoms with Gasteiger partial charge in [-0.3, -0.25) is 9.13 Å². The van der Waals surface area contributed by atoms with E-state index in [9.17, 15) is 4.79 Å². The topological polar surface area (TPSA) is 26.9 Å². The number of rotatable bonds is 3. The maximum absolute atomic E-state index is 12.3. The highest BCUT2D eigenvalue weighted by Crippen LogP contribution is 2.15. The highest BCUT2D eigenvalue weighted by Gasteiger charge is 2.13. The van der Waals surface area contributed by atoms with E-state index in [0.29, 0.717) is 0 Å². The summed E-state index contributed by atoms with van der Waals surface area (Å²) in [5, 5.41) is 0. The summed E-state index contributed by atoms with van der Waals surface area (Å²) in [6.45, 7) is 6.06. The van der Waals surface area contributed by atoms with Crippen LogP contribution in [0.1, 0.15) is 30.8 Å². The molecule has 0 saturated carbocycles. The second-order valence-electron chi connectivity index (χ2n) is 4.67. The third-order valence-corrected chi connectivity index (χ3v) is 3.47. The third-order valence-electron chi connectivity index (χ3n) is 3.47. The fourth-order valence-electron chi connectivity index (χ4n) is 2.33. The van der Waals surface area contributed by atoms with Crippen LogP contribution in [0.2, 0.25) is 0 Å². The van der Waals surface area contributed by atoms with Crippen molar-refractivity contribution in [2.75, 3.05) is 0 Å². The largest absolute Gasteiger partial charge is 0.333 e. The number of hydrogen-bond acceptors (Lipinski definition) is 1. The van der Waals surface area contributed by atoms with E-state index in [1.807, 2.05) is 45.2 Å². The summed E-state index contributed by atoms with van der Waals surface area (Å²) in [6, 6.07) is 8.16. The number of aromatic nitrogens is 2. The molecule has 2 aromatic rings. The van der Waals surface area contributed by atoms with Gasteiger partial charge in [0.05, 0.1) is 11.4 Å². The molecule has 100 valence electrons. The van der Waals surface area contributed by atoms with E-state index >= 15 is 0 Å². The molecule has 3 nitrogen and oxygen atoms in total. The van der Waals surface area contributed by atoms with Crippen LogP contribution in [0.4, 0.5) is 0 Å². The molecule has 0 aliphatic heterocycles. The van der Waals surface area contributed by atoms with Crippen LogP contribution >= 0.6 is 0 Å². The van der Waals surface area contributed by atoms with Crippen LogP contribution in [0, 0.1) is 6.92 Å². The van der Waals surface area contributed by atoms with Crippen LogP contribution in [-0.4, -0.2) is 9.13 Å². The van der Waals surface area contributed by atoms with Crippen molar-refractivity contribution >= 4 is 6.08 Å². The van der Waals surface area contributed by atoms with Gasteiger partial charge in [0.1, 0.15) is 0 Å². The lowest BCUT2D eigenvalue weighted by Crippen LogP contribution is -2.21. The zero-order valence-corrected chi connectivity index (χ0v) is 12.0. The highest BCUT2D eigenvalue weighted by molar-refractivity contribution is 5.50. The molecule has 0 atom stereocenters. The number of nitrogens with zero attached hydrogens (tertiary/aromatic N) is 2. The molecular weight excluding hydrogens is 236 g/mol. The van der Waals surface area contributed by atoms with Crippen molar-refractivity contribution < 1.29 is 0 Å². The maximum atomic E-state index is 12.3. The van der Waals surface area contributed by atoms with Gasteiger partial charge in [-0.05, 0) is 44.0 Å². The van der Waals surface area contributed by atoms with E-state index in [0.717, 1.165) is 23.5 Å². The molecule has 0 amide bonds. The fraction of sp³-hybridized carbons (Fsp3) is 0.312. The average molecular weight is 256 g/mol. The lowest BCUT2D eigenvalue weighted by atomic mass is 10.1. The second-order valence-corrected chi connectivity index (χ2v) is 4.67. The molecule has 0 aliphatic rings. The fourth-order valence-corrected chi connectivity index (χ4v) is 2.33. The molecule has 1 heterocycles. The van der Waals surface area contributed by atoms with Crippen LogP contribution in [0.5, 0.6) is 0 Å². The van der Waals surface area contributed by atoms with Gasteiger partial charge in [-0.15, -0.1) is 0 Å². The molecule has 0 bridgehead atoms. The van der Waals surface area contributed by atoms with Crippen LogP contribution < -0.4 is 5.69 Å². The zero-order valence-electron chi connectivity index (χ0n) is 12.0. The van der Waals surface area contributed by atoms with Crippen molar-refractivity contribution in [3.8, 4) is 5.69 Å². The molecule has 3 heteroatoms. The number of aryl methyl sites for hydroxylation is 1. The van der Waals surface area contributed by atoms with Gasteiger partial charge in [0.15, 0.2) is 0 Å². The van der Waals surface area contributed by atoms with Gasteiger partial charge < -0.3 is 0 Å². The Hall–Kier alpha value is -2.03. The Morgan fingerprint density at radius 1 is 1.21 bits per heavy atom. The molecule has 1 aromatic heterocycles. The van der Waals surface area contributed by atoms with E-state index in [-0.39, 0.29) is 5.69 Å². The van der Waals surface area contributed by atoms with Gasteiger partial charge in [0.25, 0.3) is 0 Å². The Balaban J connectivity index is 2.62. The van der Waals surface area contributed by atoms with Crippen molar-refractivity contribution in [1.82, 2.24) is 9.13 Å². The molecule has 2 rings (SSSR count). The van der Waals surface area contributed by atoms with E-state index in [1.165, 1.54) is 5.56 Å². The molecule has 0 N–H and O–H groups in total. The van der Waals surface area contributed by atoms with Gasteiger partial charge in [-0.2, -0.15) is 0 Å². The molecule has 0 saturated heterocycles. The Morgan fingerprint density at radius 2 is 1.84 bits per heavy atom. The summed E-state index contributed by atoms with van der Waals surface area (Å²) in [7, 11) is 1.81. The van der Waals surface area contributed by atoms with E-state index in [4.69, 9.17) is 0 Å². The van der Waals surface area contributed by atoms with Crippen molar-refractivity contribution in [3.63, 3.8) is 0 Å². The van der Waals surface area contributed by atoms with Gasteiger partial charge in [-0.25, -0.2) is 4.79 Å². The van der Waals surface area contributed by atoms with Crippen LogP contribution in [0.25, 0.3) is 11.8 Å². The smallest absolute Gasteiger partial charge is 0.295 e. The number of imidazole rings is 1. The third kappa shape index (κ3) is 2.28. The summed E-state index contributed by atoms with van der Waals surface area (Å²) >= 11 is 0. The number of benzene rings is 1. The zero-order chi connectivity index (χ0) is 14.0. The van der Waals surface area contributed by atoms with Crippen LogP contribution in [-0.2, 0) is 13.5 Å². The first-order valence-electron chi connectivity index (χ1n) is 6.60. The number of allylic oxidation sites excluding steroid dienone is 1. The van der Waals surface area contributed by atoms with Gasteiger partial charge >= 0.3 is 5.69 Å². The summed E-state index contributed by atoms with van der Waals surface area (Å²) in [5.74, 6) is 0. The predicted molar refractivity (Wildman–Crippen MR) is 79.8 cm³/mol. The molecule has 0 unspecified atom stereocenters. The Morgan fingerprint density at radius 3 is 2.37 bits per heavy atom. The summed E-state index contributed by atoms with van der Waals surface area (Å²) in [4.78, 5) is 12.3. The molecule has 19 heavy (non-hydrogen) atoms. The van der Waals surface area contributed by atoms with Crippen molar-refractivity contribution in [3.05, 3.63) is 57.8 Å². The van der Waals surface area contributed by atoms with Crippen molar-refractivity contribution in [2.24, 2.45) is 7.05 Å². The minimum absolute atomic E-state index is 0.00477. The monoisotopic (exact) mass is 256 g/mol. The first kappa shape index (κ1) is 13.4. The van der Waals surface area contributed by atoms with Crippen molar-refractivity contribution in [1.29, 1.82) is 0 Å². The standard InChI is InChI=1S/C16H20N2O/c1-5-7-15-12(3)18(16(19)17(15)4)14-10-8-13(6-2)9-11-14/h5,7-11H,6H2,1-4H3/b7-5-. The first-order valence-corrected chi connectivity index (χ1v) is 6.60. The number of hydrogen-bond donors (Lipinski definition) is 0. The molecule has 0 spiro atoms. The van der Waals surface area contributed by atoms with Gasteiger partial charge in [0, 0.05) is 12.7 Å². The van der Waals surface area contributed by atoms with Gasteiger partial charge in [-0.1, -0.05) is 25.1 Å². The molecule has 0 aliphatic carbocycles. The van der Waals surface area contributed by atoms with Crippen LogP contribution in [0.15, 0.2) is 35.1 Å². The highest BCUT2D eigenvalue weighted by atomic mass is 16.1. The summed E-state index contributed by atoms with van der Waals surface area (Å²) < 4.78 is 3.44. The average Bonchev–Trinajstić information content (AvgIpc) is 2.64. The Labute approximate surface area is 113 Å². The van der Waals surface area contributed by atoms with E-state index in [2.05, 4.69) is 19.1 Å². The van der Waals surface area contributed by atoms with E-state index < -0.39 is 0 Å². The van der Waals surface area contributed by atoms with E-state index in [1.54, 1.807) is 9.13 Å². The maximum Gasteiger partial charge on any atom is 0.333 e. The van der Waals surface area contributed by atoms with Crippen LogP contribution in [0.3, 0.4) is 0 Å². The summed E-state index contributed by atoms with van der Waals surface area (Å²) in [5.41, 5.74) is 4.11. The summed E-state index contributed by atoms with van der Waals surface area (Å²) in [6.07, 6.45) is 4.92. The minimum Gasteiger partial charge on any atom is -0.295 e. The molecule has 1 aromatic carbocycles. The second kappa shape index (κ2) is 5.31.